The Kier molecular flexibility index (Phi) is 5.01. The Morgan fingerprint density at radius 1 is 1.28 bits per heavy atom. The Morgan fingerprint density at radius 3 is 2.68 bits per heavy atom. The summed E-state index contributed by atoms with van der Waals surface area (Å²) < 4.78 is 6.67. The van der Waals surface area contributed by atoms with Crippen molar-refractivity contribution in [3.8, 4) is 5.69 Å². The number of benzene rings is 1. The van der Waals surface area contributed by atoms with Crippen LogP contribution >= 0.6 is 11.6 Å². The summed E-state index contributed by atoms with van der Waals surface area (Å²) in [7, 11) is 1.58. The highest BCUT2D eigenvalue weighted by atomic mass is 35.5. The minimum atomic E-state index is -0.279. The average molecular weight is 359 g/mol. The van der Waals surface area contributed by atoms with E-state index in [9.17, 15) is 4.79 Å². The van der Waals surface area contributed by atoms with Crippen LogP contribution in [0.2, 0.25) is 5.02 Å². The van der Waals surface area contributed by atoms with Crippen LogP contribution < -0.4 is 5.32 Å². The summed E-state index contributed by atoms with van der Waals surface area (Å²) in [5.74, 6) is -0.279. The molecule has 0 saturated carbocycles. The number of hydrogen-bond donors (Lipinski definition) is 1. The van der Waals surface area contributed by atoms with Gasteiger partial charge in [0, 0.05) is 19.9 Å². The standard InChI is InChI=1S/C18H19ClN4O2/c1-11-4-6-13(7-5-11)23-17-15(12(2)22-23)16(19)14(10-21-17)18(24)20-8-9-25-3/h4-7,10H,8-9H2,1-3H3,(H,20,24). The van der Waals surface area contributed by atoms with Crippen molar-refractivity contribution in [2.24, 2.45) is 0 Å². The SMILES string of the molecule is COCCNC(=O)c1cnc2c(c(C)nn2-c2ccc(C)cc2)c1Cl. The van der Waals surface area contributed by atoms with Crippen molar-refractivity contribution in [2.75, 3.05) is 20.3 Å². The summed E-state index contributed by atoms with van der Waals surface area (Å²) >= 11 is 6.50. The van der Waals surface area contributed by atoms with Crippen molar-refractivity contribution in [1.82, 2.24) is 20.1 Å². The Bertz CT molecular complexity index is 919. The van der Waals surface area contributed by atoms with Crippen LogP contribution in [0.4, 0.5) is 0 Å². The number of methoxy groups -OCH3 is 1. The third kappa shape index (κ3) is 3.36. The lowest BCUT2D eigenvalue weighted by Crippen LogP contribution is -2.27. The molecule has 1 N–H and O–H groups in total. The number of ether oxygens (including phenoxy) is 1. The third-order valence-electron chi connectivity index (χ3n) is 3.92. The number of halogens is 1. The molecule has 6 nitrogen and oxygen atoms in total. The van der Waals surface area contributed by atoms with Gasteiger partial charge in [0.2, 0.25) is 0 Å². The second-order valence-corrected chi connectivity index (χ2v) is 6.14. The van der Waals surface area contributed by atoms with Crippen LogP contribution in [-0.2, 0) is 4.74 Å². The highest BCUT2D eigenvalue weighted by molar-refractivity contribution is 6.38. The highest BCUT2D eigenvalue weighted by Crippen LogP contribution is 2.29. The Hall–Kier alpha value is -2.44. The van der Waals surface area contributed by atoms with Gasteiger partial charge in [-0.2, -0.15) is 5.10 Å². The van der Waals surface area contributed by atoms with Crippen LogP contribution in [0.25, 0.3) is 16.7 Å². The van der Waals surface area contributed by atoms with Crippen molar-refractivity contribution < 1.29 is 9.53 Å². The third-order valence-corrected chi connectivity index (χ3v) is 4.32. The molecule has 0 bridgehead atoms. The number of rotatable bonds is 5. The second kappa shape index (κ2) is 7.21. The van der Waals surface area contributed by atoms with E-state index < -0.39 is 0 Å². The second-order valence-electron chi connectivity index (χ2n) is 5.77. The summed E-state index contributed by atoms with van der Waals surface area (Å²) in [5, 5.41) is 8.34. The zero-order valence-corrected chi connectivity index (χ0v) is 15.1. The topological polar surface area (TPSA) is 69.0 Å². The van der Waals surface area contributed by atoms with Gasteiger partial charge in [0.15, 0.2) is 5.65 Å². The zero-order valence-electron chi connectivity index (χ0n) is 14.3. The molecule has 1 amide bonds. The Morgan fingerprint density at radius 2 is 2.00 bits per heavy atom. The molecule has 130 valence electrons. The molecule has 0 aliphatic heterocycles. The maximum Gasteiger partial charge on any atom is 0.254 e. The first-order chi connectivity index (χ1) is 12.0. The maximum atomic E-state index is 12.3. The lowest BCUT2D eigenvalue weighted by Gasteiger charge is -2.08. The summed E-state index contributed by atoms with van der Waals surface area (Å²) in [4.78, 5) is 16.7. The number of aromatic nitrogens is 3. The first kappa shape index (κ1) is 17.4. The maximum absolute atomic E-state index is 12.3. The largest absolute Gasteiger partial charge is 0.383 e. The summed E-state index contributed by atoms with van der Waals surface area (Å²) in [6.45, 7) is 4.72. The predicted octanol–water partition coefficient (Wildman–Crippen LogP) is 3.07. The fourth-order valence-electron chi connectivity index (χ4n) is 2.59. The van der Waals surface area contributed by atoms with E-state index in [0.29, 0.717) is 34.8 Å². The van der Waals surface area contributed by atoms with Crippen molar-refractivity contribution in [3.05, 3.63) is 52.3 Å². The molecule has 25 heavy (non-hydrogen) atoms. The van der Waals surface area contributed by atoms with Crippen LogP contribution in [0.3, 0.4) is 0 Å². The fraction of sp³-hybridized carbons (Fsp3) is 0.278. The van der Waals surface area contributed by atoms with E-state index >= 15 is 0 Å². The van der Waals surface area contributed by atoms with Gasteiger partial charge in [-0.25, -0.2) is 9.67 Å². The number of amides is 1. The van der Waals surface area contributed by atoms with Gasteiger partial charge in [0.25, 0.3) is 5.91 Å². The van der Waals surface area contributed by atoms with E-state index in [4.69, 9.17) is 16.3 Å². The van der Waals surface area contributed by atoms with E-state index in [2.05, 4.69) is 15.4 Å². The first-order valence-corrected chi connectivity index (χ1v) is 8.28. The van der Waals surface area contributed by atoms with Gasteiger partial charge in [0.05, 0.1) is 34.0 Å². The van der Waals surface area contributed by atoms with Crippen molar-refractivity contribution in [3.63, 3.8) is 0 Å². The molecule has 2 heterocycles. The number of nitrogens with one attached hydrogen (secondary N) is 1. The molecule has 1 aromatic carbocycles. The lowest BCUT2D eigenvalue weighted by atomic mass is 10.2. The number of pyridine rings is 1. The molecule has 3 aromatic rings. The van der Waals surface area contributed by atoms with Gasteiger partial charge in [-0.3, -0.25) is 4.79 Å². The smallest absolute Gasteiger partial charge is 0.254 e. The quantitative estimate of drug-likeness (QED) is 0.712. The molecule has 0 spiro atoms. The van der Waals surface area contributed by atoms with Gasteiger partial charge in [-0.1, -0.05) is 29.3 Å². The molecule has 0 fully saturated rings. The summed E-state index contributed by atoms with van der Waals surface area (Å²) in [5.41, 5.74) is 3.73. The van der Waals surface area contributed by atoms with E-state index in [1.54, 1.807) is 11.8 Å². The number of fused-ring (bicyclic) bond motifs is 1. The van der Waals surface area contributed by atoms with E-state index in [1.807, 2.05) is 38.1 Å². The predicted molar refractivity (Wildman–Crippen MR) is 97.6 cm³/mol. The zero-order chi connectivity index (χ0) is 18.0. The molecule has 0 unspecified atom stereocenters. The van der Waals surface area contributed by atoms with Gasteiger partial charge < -0.3 is 10.1 Å². The van der Waals surface area contributed by atoms with E-state index in [1.165, 1.54) is 6.20 Å². The normalized spacial score (nSPS) is 11.0. The summed E-state index contributed by atoms with van der Waals surface area (Å²) in [6, 6.07) is 7.97. The first-order valence-electron chi connectivity index (χ1n) is 7.91. The molecule has 0 aliphatic rings. The molecule has 3 rings (SSSR count). The minimum absolute atomic E-state index is 0.279. The van der Waals surface area contributed by atoms with Gasteiger partial charge in [-0.15, -0.1) is 0 Å². The van der Waals surface area contributed by atoms with Crippen LogP contribution in [0, 0.1) is 13.8 Å². The van der Waals surface area contributed by atoms with Crippen LogP contribution in [0.15, 0.2) is 30.5 Å². The molecule has 0 aliphatic carbocycles. The van der Waals surface area contributed by atoms with Crippen molar-refractivity contribution in [2.45, 2.75) is 13.8 Å². The summed E-state index contributed by atoms with van der Waals surface area (Å²) in [6.07, 6.45) is 1.48. The van der Waals surface area contributed by atoms with Gasteiger partial charge in [0.1, 0.15) is 0 Å². The van der Waals surface area contributed by atoms with Crippen LogP contribution in [-0.4, -0.2) is 40.9 Å². The number of nitrogens with zero attached hydrogens (tertiary/aromatic N) is 3. The number of carbonyl (C=O) groups excluding carboxylic acids is 1. The van der Waals surface area contributed by atoms with E-state index in [0.717, 1.165) is 16.9 Å². The number of carbonyl (C=O) groups is 1. The highest BCUT2D eigenvalue weighted by Gasteiger charge is 2.19. The molecular weight excluding hydrogens is 340 g/mol. The Balaban J connectivity index is 2.04. The monoisotopic (exact) mass is 358 g/mol. The van der Waals surface area contributed by atoms with Gasteiger partial charge >= 0.3 is 0 Å². The molecule has 0 radical (unpaired) electrons. The van der Waals surface area contributed by atoms with E-state index in [-0.39, 0.29) is 5.91 Å². The number of hydrogen-bond acceptors (Lipinski definition) is 4. The Labute approximate surface area is 150 Å². The average Bonchev–Trinajstić information content (AvgIpc) is 2.93. The minimum Gasteiger partial charge on any atom is -0.383 e. The number of aryl methyl sites for hydroxylation is 2. The van der Waals surface area contributed by atoms with Crippen molar-refractivity contribution >= 4 is 28.5 Å². The molecule has 0 saturated heterocycles. The van der Waals surface area contributed by atoms with Crippen LogP contribution in [0.5, 0.6) is 0 Å². The molecule has 0 atom stereocenters. The van der Waals surface area contributed by atoms with Crippen molar-refractivity contribution in [1.29, 1.82) is 0 Å². The lowest BCUT2D eigenvalue weighted by molar-refractivity contribution is 0.0937. The van der Waals surface area contributed by atoms with Crippen LogP contribution in [0.1, 0.15) is 21.6 Å². The molecular formula is C18H19ClN4O2. The molecule has 2 aromatic heterocycles. The van der Waals surface area contributed by atoms with Gasteiger partial charge in [-0.05, 0) is 26.0 Å². The molecule has 7 heteroatoms. The fourth-order valence-corrected chi connectivity index (χ4v) is 2.95.